The Hall–Kier alpha value is -1.85. The molecule has 0 bridgehead atoms. The number of hydrogen-bond donors (Lipinski definition) is 1. The molecule has 2 N–H and O–H groups in total. The fourth-order valence-corrected chi connectivity index (χ4v) is 3.38. The molecule has 0 aromatic heterocycles. The van der Waals surface area contributed by atoms with Gasteiger partial charge in [0.05, 0.1) is 13.7 Å². The molecule has 0 amide bonds. The van der Waals surface area contributed by atoms with Crippen LogP contribution in [-0.4, -0.2) is 73.1 Å². The van der Waals surface area contributed by atoms with Crippen molar-refractivity contribution in [2.24, 2.45) is 5.73 Å². The van der Waals surface area contributed by atoms with E-state index in [-0.39, 0.29) is 12.4 Å². The normalized spacial score (nSPS) is 26.3. The maximum atomic E-state index is 11.5. The molecule has 0 saturated carbocycles. The summed E-state index contributed by atoms with van der Waals surface area (Å²) in [6, 6.07) is -0.912. The molecule has 5 atom stereocenters. The van der Waals surface area contributed by atoms with Gasteiger partial charge in [0.15, 0.2) is 18.3 Å². The van der Waals surface area contributed by atoms with E-state index < -0.39 is 53.7 Å². The van der Waals surface area contributed by atoms with E-state index in [1.807, 2.05) is 0 Å². The highest BCUT2D eigenvalue weighted by Gasteiger charge is 2.47. The van der Waals surface area contributed by atoms with Crippen molar-refractivity contribution >= 4 is 35.6 Å². The van der Waals surface area contributed by atoms with Crippen LogP contribution in [-0.2, 0) is 42.9 Å². The average molecular weight is 393 g/mol. The smallest absolute Gasteiger partial charge is 0.323 e. The summed E-state index contributed by atoms with van der Waals surface area (Å²) < 4.78 is 25.7. The zero-order valence-electron chi connectivity index (χ0n) is 15.0. The monoisotopic (exact) mass is 393 g/mol. The number of ether oxygens (including phenoxy) is 5. The Morgan fingerprint density at radius 3 is 2.08 bits per heavy atom. The topological polar surface area (TPSA) is 140 Å². The Balaban J connectivity index is 2.95. The van der Waals surface area contributed by atoms with Crippen molar-refractivity contribution in [1.29, 1.82) is 0 Å². The maximum absolute atomic E-state index is 11.5. The summed E-state index contributed by atoms with van der Waals surface area (Å²) in [5.41, 5.74) is 4.90. The number of thioether (sulfide) groups is 1. The third-order valence-corrected chi connectivity index (χ3v) is 4.53. The van der Waals surface area contributed by atoms with E-state index in [9.17, 15) is 19.2 Å². The van der Waals surface area contributed by atoms with E-state index in [1.165, 1.54) is 27.9 Å². The van der Waals surface area contributed by atoms with Gasteiger partial charge in [-0.15, -0.1) is 11.8 Å². The minimum Gasteiger partial charge on any atom is -0.468 e. The number of rotatable bonds is 7. The van der Waals surface area contributed by atoms with Gasteiger partial charge in [-0.2, -0.15) is 0 Å². The second-order valence-corrected chi connectivity index (χ2v) is 6.59. The number of hydrogen-bond acceptors (Lipinski definition) is 11. The van der Waals surface area contributed by atoms with E-state index in [0.717, 1.165) is 11.8 Å². The van der Waals surface area contributed by atoms with Crippen LogP contribution in [0.3, 0.4) is 0 Å². The van der Waals surface area contributed by atoms with E-state index >= 15 is 0 Å². The van der Waals surface area contributed by atoms with Crippen LogP contribution in [0, 0.1) is 0 Å². The Bertz CT molecular complexity index is 541. The minimum absolute atomic E-state index is 0.0829. The first-order valence-electron chi connectivity index (χ1n) is 7.74. The Labute approximate surface area is 155 Å². The van der Waals surface area contributed by atoms with Gasteiger partial charge in [0.1, 0.15) is 11.5 Å². The molecule has 1 aliphatic rings. The van der Waals surface area contributed by atoms with Gasteiger partial charge in [-0.1, -0.05) is 0 Å². The van der Waals surface area contributed by atoms with Crippen molar-refractivity contribution in [2.75, 3.05) is 19.5 Å². The highest BCUT2D eigenvalue weighted by molar-refractivity contribution is 7.99. The number of methoxy groups -OCH3 is 1. The van der Waals surface area contributed by atoms with Crippen molar-refractivity contribution in [3.8, 4) is 0 Å². The molecule has 1 saturated heterocycles. The summed E-state index contributed by atoms with van der Waals surface area (Å²) in [6.45, 7) is 3.48. The van der Waals surface area contributed by atoms with Crippen LogP contribution in [0.4, 0.5) is 0 Å². The van der Waals surface area contributed by atoms with E-state index in [0.29, 0.717) is 0 Å². The second kappa shape index (κ2) is 10.3. The molecule has 0 spiro atoms. The van der Waals surface area contributed by atoms with E-state index in [4.69, 9.17) is 24.7 Å². The van der Waals surface area contributed by atoms with E-state index in [1.54, 1.807) is 0 Å². The highest BCUT2D eigenvalue weighted by Crippen LogP contribution is 2.31. The lowest BCUT2D eigenvalue weighted by atomic mass is 10.1. The quantitative estimate of drug-likeness (QED) is 0.436. The van der Waals surface area contributed by atoms with Crippen LogP contribution >= 0.6 is 11.8 Å². The van der Waals surface area contributed by atoms with Crippen LogP contribution in [0.1, 0.15) is 20.8 Å². The highest BCUT2D eigenvalue weighted by atomic mass is 32.2. The van der Waals surface area contributed by atoms with Crippen LogP contribution in [0.15, 0.2) is 0 Å². The standard InChI is InChI=1S/C15H23NO9S/c1-7(17)23-11-5-22-15(26-6-10(16)14(20)21-4)13(25-9(3)19)12(11)24-8(2)18/h10-13,15H,5-6,16H2,1-4H3/t10-,11+,12-,13+,15-/m0/s1. The van der Waals surface area contributed by atoms with Gasteiger partial charge in [-0.25, -0.2) is 0 Å². The first kappa shape index (κ1) is 22.2. The van der Waals surface area contributed by atoms with E-state index in [2.05, 4.69) is 4.74 Å². The summed E-state index contributed by atoms with van der Waals surface area (Å²) in [4.78, 5) is 45.6. The van der Waals surface area contributed by atoms with Crippen molar-refractivity contribution in [2.45, 2.75) is 50.6 Å². The van der Waals surface area contributed by atoms with Gasteiger partial charge >= 0.3 is 23.9 Å². The lowest BCUT2D eigenvalue weighted by Crippen LogP contribution is -2.56. The van der Waals surface area contributed by atoms with Crippen LogP contribution in [0.25, 0.3) is 0 Å². The first-order chi connectivity index (χ1) is 12.1. The molecule has 11 heteroatoms. The predicted molar refractivity (Wildman–Crippen MR) is 88.9 cm³/mol. The fraction of sp³-hybridized carbons (Fsp3) is 0.733. The summed E-state index contributed by atoms with van der Waals surface area (Å²) >= 11 is 1.09. The molecule has 26 heavy (non-hydrogen) atoms. The molecule has 0 aromatic rings. The average Bonchev–Trinajstić information content (AvgIpc) is 2.54. The van der Waals surface area contributed by atoms with Crippen LogP contribution < -0.4 is 5.73 Å². The Morgan fingerprint density at radius 1 is 1.04 bits per heavy atom. The molecule has 10 nitrogen and oxygen atoms in total. The lowest BCUT2D eigenvalue weighted by molar-refractivity contribution is -0.213. The SMILES string of the molecule is COC(=O)[C@@H](N)CS[C@@H]1OC[C@@H](OC(C)=O)[C@H](OC(C)=O)[C@H]1OC(C)=O. The molecule has 1 fully saturated rings. The molecular weight excluding hydrogens is 370 g/mol. The van der Waals surface area contributed by atoms with Crippen LogP contribution in [0.5, 0.6) is 0 Å². The summed E-state index contributed by atoms with van der Waals surface area (Å²) in [6.07, 6.45) is -3.04. The molecule has 0 aliphatic carbocycles. The van der Waals surface area contributed by atoms with Gasteiger partial charge in [-0.05, 0) is 0 Å². The molecule has 0 radical (unpaired) electrons. The second-order valence-electron chi connectivity index (χ2n) is 5.46. The van der Waals surface area contributed by atoms with Crippen molar-refractivity contribution in [3.63, 3.8) is 0 Å². The summed E-state index contributed by atoms with van der Waals surface area (Å²) in [5.74, 6) is -2.37. The Kier molecular flexibility index (Phi) is 8.82. The van der Waals surface area contributed by atoms with Gasteiger partial charge in [0.25, 0.3) is 0 Å². The van der Waals surface area contributed by atoms with Crippen LogP contribution in [0.2, 0.25) is 0 Å². The predicted octanol–water partition coefficient (Wildman–Crippen LogP) is -0.629. The Morgan fingerprint density at radius 2 is 1.58 bits per heavy atom. The summed E-state index contributed by atoms with van der Waals surface area (Å²) in [7, 11) is 1.21. The zero-order chi connectivity index (χ0) is 19.9. The van der Waals surface area contributed by atoms with Gasteiger partial charge in [-0.3, -0.25) is 19.2 Å². The molecule has 0 unspecified atom stereocenters. The number of carbonyl (C=O) groups is 4. The van der Waals surface area contributed by atoms with Crippen molar-refractivity contribution < 1.29 is 42.9 Å². The lowest BCUT2D eigenvalue weighted by Gasteiger charge is -2.40. The third kappa shape index (κ3) is 6.81. The zero-order valence-corrected chi connectivity index (χ0v) is 15.8. The maximum Gasteiger partial charge on any atom is 0.323 e. The molecule has 1 heterocycles. The van der Waals surface area contributed by atoms with Crippen molar-refractivity contribution in [3.05, 3.63) is 0 Å². The molecule has 148 valence electrons. The molecular formula is C15H23NO9S. The molecule has 0 aromatic carbocycles. The number of carbonyl (C=O) groups excluding carboxylic acids is 4. The minimum atomic E-state index is -1.05. The molecule has 1 aliphatic heterocycles. The fourth-order valence-electron chi connectivity index (χ4n) is 2.27. The number of nitrogens with two attached hydrogens (primary N) is 1. The van der Waals surface area contributed by atoms with Gasteiger partial charge in [0.2, 0.25) is 0 Å². The van der Waals surface area contributed by atoms with Gasteiger partial charge < -0.3 is 29.4 Å². The summed E-state index contributed by atoms with van der Waals surface area (Å²) in [5, 5.41) is 0. The first-order valence-corrected chi connectivity index (χ1v) is 8.78. The van der Waals surface area contributed by atoms with Gasteiger partial charge in [0, 0.05) is 26.5 Å². The molecule has 1 rings (SSSR count). The third-order valence-electron chi connectivity index (χ3n) is 3.25. The number of esters is 4. The van der Waals surface area contributed by atoms with Crippen molar-refractivity contribution in [1.82, 2.24) is 0 Å². The largest absolute Gasteiger partial charge is 0.468 e.